The molecule has 0 spiro atoms. The topological polar surface area (TPSA) is 350 Å². The Balaban J connectivity index is 1.36. The molecule has 0 radical (unpaired) electrons. The van der Waals surface area contributed by atoms with Gasteiger partial charge in [0.15, 0.2) is 17.3 Å². The van der Waals surface area contributed by atoms with Crippen LogP contribution in [-0.2, 0) is 75.2 Å². The van der Waals surface area contributed by atoms with Crippen molar-refractivity contribution in [1.29, 1.82) is 0 Å². The molecule has 0 unspecified atom stereocenters. The van der Waals surface area contributed by atoms with Gasteiger partial charge in [0.05, 0.1) is 53.3 Å². The molecule has 8 N–H and O–H groups in total. The maximum Gasteiger partial charge on any atom is 0.408 e. The molecule has 1 saturated heterocycles. The van der Waals surface area contributed by atoms with Gasteiger partial charge in [0.1, 0.15) is 18.2 Å². The molecule has 2 heterocycles. The standard InChI is InChI=1S/C84H132N10O15S/c1-20-54(7)73(68(107-18)50-71(100)94-43-28-33-65(94)74(108-19)55(8)66(96)48-60(78-87-42-44-110-78)45-56-29-23-22-24-30-56)93(17)79(104)63(52(3)4)49-69(98)84(15,16)92-81(106)109-51-57-34-36-61(37-35-57)89-76(102)59(32-27-41-88-80(85)105)47-67(97)72(53(5)6)90-77(103)58(46-62(95)21-2)31-25-26-40-86-70(99)39-38-64(91-83(12,13)14)75(101)82(9,10)11/h22-24,29-30,34-37,42,44,52-55,58-60,63-65,68,72-74,91H,20-21,25-28,31-33,38-41,43,45-51H2,1-19H3,(H,86,99)(H,89,102)(H,90,103)(H,92,106)(H3,85,88,105)/t54-,55-,58+,59+,60+,63-,64+,65-,68+,72-,73-,74+/m0/s1. The van der Waals surface area contributed by atoms with Crippen LogP contribution < -0.4 is 37.6 Å². The summed E-state index contributed by atoms with van der Waals surface area (Å²) in [6.45, 7) is 30.1. The predicted molar refractivity (Wildman–Crippen MR) is 429 cm³/mol. The smallest absolute Gasteiger partial charge is 0.408 e. The highest BCUT2D eigenvalue weighted by atomic mass is 32.1. The summed E-state index contributed by atoms with van der Waals surface area (Å²) in [5.74, 6) is -6.60. The number of anilines is 1. The average Bonchev–Trinajstić information content (AvgIpc) is 1.57. The number of carbonyl (C=O) groups excluding carboxylic acids is 12. The number of nitrogens with zero attached hydrogens (tertiary/aromatic N) is 3. The Labute approximate surface area is 658 Å². The van der Waals surface area contributed by atoms with Crippen molar-refractivity contribution >= 4 is 87.6 Å². The van der Waals surface area contributed by atoms with Gasteiger partial charge in [-0.25, -0.2) is 14.6 Å². The van der Waals surface area contributed by atoms with Crippen molar-refractivity contribution in [2.45, 2.75) is 280 Å². The number of alkyl carbamates (subject to hydrolysis) is 1. The minimum Gasteiger partial charge on any atom is -0.445 e. The van der Waals surface area contributed by atoms with E-state index in [0.29, 0.717) is 69.3 Å². The quantitative estimate of drug-likeness (QED) is 0.0258. The van der Waals surface area contributed by atoms with Crippen molar-refractivity contribution in [3.63, 3.8) is 0 Å². The molecular weight excluding hydrogens is 1420 g/mol. The summed E-state index contributed by atoms with van der Waals surface area (Å²) in [6.07, 6.45) is 4.34. The highest BCUT2D eigenvalue weighted by Crippen LogP contribution is 2.35. The third-order valence-electron chi connectivity index (χ3n) is 21.2. The van der Waals surface area contributed by atoms with Crippen LogP contribution in [0, 0.1) is 46.8 Å². The molecule has 110 heavy (non-hydrogen) atoms. The van der Waals surface area contributed by atoms with E-state index in [0.717, 1.165) is 17.0 Å². The number of benzene rings is 2. The zero-order chi connectivity index (χ0) is 82.4. The largest absolute Gasteiger partial charge is 0.445 e. The van der Waals surface area contributed by atoms with Crippen molar-refractivity contribution in [3.05, 3.63) is 82.3 Å². The first-order valence-corrected chi connectivity index (χ1v) is 40.5. The van der Waals surface area contributed by atoms with Crippen LogP contribution in [0.4, 0.5) is 15.3 Å². The van der Waals surface area contributed by atoms with E-state index < -0.39 is 106 Å². The number of likely N-dealkylation sites (tertiary alicyclic amines) is 1. The number of ketones is 5. The number of thiazole rings is 1. The molecule has 2 aromatic carbocycles. The third-order valence-corrected chi connectivity index (χ3v) is 22.1. The second kappa shape index (κ2) is 45.6. The van der Waals surface area contributed by atoms with E-state index in [4.69, 9.17) is 19.9 Å². The molecule has 26 heteroatoms. The van der Waals surface area contributed by atoms with Gasteiger partial charge in [0, 0.05) is 137 Å². The SMILES string of the molecule is CCC(=O)C[C@@H](CCCCNC(=O)CC[C@@H](NC(C)(C)C)C(=O)C(C)(C)C)C(=O)N[C@H](C(=O)C[C@@H](CCCNC(N)=O)C(=O)Nc1ccc(COC(=O)NC(C)(C)C(=O)C[C@H](C(=O)N(C)[C@@H]([C@@H](C)CC)[C@@H](CC(=O)N2CCC[C@H]2[C@H](OC)[C@@H](C)C(=O)C[C@@H](Cc2ccccc2)c2nccs2)OC)C(C)C)cc1)C(C)C. The maximum atomic E-state index is 14.9. The molecular formula is C84H132N10O15S. The second-order valence-electron chi connectivity index (χ2n) is 33.3. The number of carbonyl (C=O) groups is 12. The monoisotopic (exact) mass is 1550 g/mol. The van der Waals surface area contributed by atoms with Gasteiger partial charge in [-0.3, -0.25) is 47.9 Å². The molecule has 0 saturated carbocycles. The summed E-state index contributed by atoms with van der Waals surface area (Å²) in [7, 11) is 4.80. The molecule has 12 atom stereocenters. The number of methoxy groups -OCH3 is 2. The fourth-order valence-corrected chi connectivity index (χ4v) is 15.2. The number of hydrogen-bond donors (Lipinski definition) is 7. The van der Waals surface area contributed by atoms with Gasteiger partial charge in [-0.05, 0) is 127 Å². The van der Waals surface area contributed by atoms with Crippen molar-refractivity contribution in [2.24, 2.45) is 52.6 Å². The number of Topliss-reactive ketones (excluding diaryl/α,β-unsaturated/α-hetero) is 5. The zero-order valence-electron chi connectivity index (χ0n) is 69.2. The summed E-state index contributed by atoms with van der Waals surface area (Å²) in [5.41, 5.74) is 4.90. The maximum absolute atomic E-state index is 14.9. The molecule has 1 aliphatic heterocycles. The lowest BCUT2D eigenvalue weighted by atomic mass is 9.83. The Morgan fingerprint density at radius 3 is 1.94 bits per heavy atom. The van der Waals surface area contributed by atoms with Crippen LogP contribution in [0.1, 0.15) is 236 Å². The molecule has 0 bridgehead atoms. The Kier molecular flexibility index (Phi) is 39.2. The number of primary amides is 1. The number of nitrogens with two attached hydrogens (primary N) is 1. The van der Waals surface area contributed by atoms with Crippen LogP contribution in [0.3, 0.4) is 0 Å². The van der Waals surface area contributed by atoms with Gasteiger partial charge in [-0.1, -0.05) is 131 Å². The number of urea groups is 1. The second-order valence-corrected chi connectivity index (χ2v) is 34.2. The molecule has 8 amide bonds. The first kappa shape index (κ1) is 94.6. The summed E-state index contributed by atoms with van der Waals surface area (Å²) < 4.78 is 17.9. The van der Waals surface area contributed by atoms with Crippen molar-refractivity contribution in [1.82, 2.24) is 41.4 Å². The Morgan fingerprint density at radius 1 is 0.718 bits per heavy atom. The fraction of sp³-hybridized carbons (Fsp3) is 0.679. The average molecular weight is 1550 g/mol. The number of unbranched alkanes of at least 4 members (excludes halogenated alkanes) is 1. The van der Waals surface area contributed by atoms with E-state index in [1.165, 1.54) is 32.3 Å². The third kappa shape index (κ3) is 31.0. The van der Waals surface area contributed by atoms with Crippen LogP contribution in [0.25, 0.3) is 0 Å². The van der Waals surface area contributed by atoms with E-state index in [1.54, 1.807) is 70.3 Å². The van der Waals surface area contributed by atoms with E-state index >= 15 is 0 Å². The van der Waals surface area contributed by atoms with Gasteiger partial charge >= 0.3 is 12.1 Å². The number of likely N-dealkylation sites (N-methyl/N-ethyl adjacent to an activating group) is 1. The summed E-state index contributed by atoms with van der Waals surface area (Å²) in [6, 6.07) is 13.3. The Morgan fingerprint density at radius 2 is 1.36 bits per heavy atom. The number of aromatic nitrogens is 1. The van der Waals surface area contributed by atoms with Gasteiger partial charge in [-0.2, -0.15) is 0 Å². The number of amides is 8. The number of hydrogen-bond acceptors (Lipinski definition) is 18. The molecule has 1 aliphatic rings. The van der Waals surface area contributed by atoms with Crippen LogP contribution in [-0.4, -0.2) is 174 Å². The molecule has 3 aromatic rings. The van der Waals surface area contributed by atoms with Gasteiger partial charge in [0.2, 0.25) is 29.5 Å². The van der Waals surface area contributed by atoms with Crippen molar-refractivity contribution in [3.8, 4) is 0 Å². The molecule has 0 aliphatic carbocycles. The molecule has 25 nitrogen and oxygen atoms in total. The van der Waals surface area contributed by atoms with Gasteiger partial charge in [-0.15, -0.1) is 11.3 Å². The van der Waals surface area contributed by atoms with Crippen LogP contribution in [0.5, 0.6) is 0 Å². The fourth-order valence-electron chi connectivity index (χ4n) is 14.4. The normalized spacial score (nSPS) is 16.4. The van der Waals surface area contributed by atoms with Gasteiger partial charge in [0.25, 0.3) is 0 Å². The Hall–Kier alpha value is -7.81. The first-order valence-electron chi connectivity index (χ1n) is 39.6. The number of rotatable bonds is 49. The molecule has 1 aromatic heterocycles. The molecule has 1 fully saturated rings. The van der Waals surface area contributed by atoms with E-state index in [-0.39, 0.29) is 135 Å². The van der Waals surface area contributed by atoms with Crippen LogP contribution in [0.15, 0.2) is 66.2 Å². The summed E-state index contributed by atoms with van der Waals surface area (Å²) in [5, 5.41) is 20.1. The molecule has 614 valence electrons. The van der Waals surface area contributed by atoms with Gasteiger partial charge < -0.3 is 61.6 Å². The Bertz CT molecular complexity index is 3460. The number of nitrogens with one attached hydrogen (secondary N) is 6. The van der Waals surface area contributed by atoms with E-state index in [2.05, 4.69) is 49.0 Å². The summed E-state index contributed by atoms with van der Waals surface area (Å²) in [4.78, 5) is 173. The lowest BCUT2D eigenvalue weighted by Crippen LogP contribution is -2.55. The lowest BCUT2D eigenvalue weighted by Gasteiger charge is -2.41. The van der Waals surface area contributed by atoms with Crippen LogP contribution in [0.2, 0.25) is 0 Å². The minimum absolute atomic E-state index is 0.0244. The van der Waals surface area contributed by atoms with Crippen molar-refractivity contribution in [2.75, 3.05) is 46.2 Å². The highest BCUT2D eigenvalue weighted by Gasteiger charge is 2.45. The van der Waals surface area contributed by atoms with E-state index in [1.807, 2.05) is 105 Å². The minimum atomic E-state index is -1.49. The molecule has 4 rings (SSSR count). The van der Waals surface area contributed by atoms with E-state index in [9.17, 15) is 57.5 Å². The highest BCUT2D eigenvalue weighted by molar-refractivity contribution is 7.09. The van der Waals surface area contributed by atoms with Crippen molar-refractivity contribution < 1.29 is 71.7 Å². The van der Waals surface area contributed by atoms with Crippen LogP contribution >= 0.6 is 11.3 Å². The summed E-state index contributed by atoms with van der Waals surface area (Å²) >= 11 is 1.53. The zero-order valence-corrected chi connectivity index (χ0v) is 70.1. The lowest BCUT2D eigenvalue weighted by molar-refractivity contribution is -0.149. The number of ether oxygens (including phenoxy) is 3. The first-order chi connectivity index (χ1) is 51.7. The predicted octanol–water partition coefficient (Wildman–Crippen LogP) is 11.8.